The normalized spacial score (nSPS) is 20.6. The molecular weight excluding hydrogens is 244 g/mol. The lowest BCUT2D eigenvalue weighted by molar-refractivity contribution is 0.338. The molecule has 0 atom stereocenters. The van der Waals surface area contributed by atoms with E-state index in [0.717, 1.165) is 12.5 Å². The van der Waals surface area contributed by atoms with Gasteiger partial charge >= 0.3 is 0 Å². The van der Waals surface area contributed by atoms with E-state index < -0.39 is 0 Å². The van der Waals surface area contributed by atoms with Crippen molar-refractivity contribution in [1.29, 1.82) is 0 Å². The first-order valence-corrected chi connectivity index (χ1v) is 8.25. The third kappa shape index (κ3) is 2.85. The summed E-state index contributed by atoms with van der Waals surface area (Å²) in [5.74, 6) is 0.809. The van der Waals surface area contributed by atoms with E-state index in [9.17, 15) is 0 Å². The van der Waals surface area contributed by atoms with Crippen LogP contribution in [-0.4, -0.2) is 19.6 Å². The summed E-state index contributed by atoms with van der Waals surface area (Å²) >= 11 is 0. The highest BCUT2D eigenvalue weighted by Gasteiger charge is 2.44. The van der Waals surface area contributed by atoms with Crippen LogP contribution in [0.15, 0.2) is 24.3 Å². The zero-order valence-electron chi connectivity index (χ0n) is 13.0. The maximum absolute atomic E-state index is 3.72. The van der Waals surface area contributed by atoms with Gasteiger partial charge in [0.1, 0.15) is 0 Å². The molecule has 2 aliphatic rings. The second kappa shape index (κ2) is 5.77. The van der Waals surface area contributed by atoms with Crippen LogP contribution in [0.2, 0.25) is 0 Å². The summed E-state index contributed by atoms with van der Waals surface area (Å²) in [7, 11) is 0. The van der Waals surface area contributed by atoms with Gasteiger partial charge in [0.05, 0.1) is 0 Å². The molecule has 3 rings (SSSR count). The summed E-state index contributed by atoms with van der Waals surface area (Å²) in [6, 6.07) is 8.92. The van der Waals surface area contributed by atoms with Gasteiger partial charge < -0.3 is 10.2 Å². The lowest BCUT2D eigenvalue weighted by Crippen LogP contribution is -2.28. The molecule has 1 N–H and O–H groups in total. The summed E-state index contributed by atoms with van der Waals surface area (Å²) in [5.41, 5.74) is 3.52. The monoisotopic (exact) mass is 272 g/mol. The van der Waals surface area contributed by atoms with Crippen molar-refractivity contribution in [2.24, 2.45) is 11.3 Å². The molecule has 0 amide bonds. The Balaban J connectivity index is 1.60. The predicted octanol–water partition coefficient (Wildman–Crippen LogP) is 3.81. The SMILES string of the molecule is CC(C)C1(CNCc2ccccc2N2CCCC2)CC1. The Kier molecular flexibility index (Phi) is 4.02. The first-order chi connectivity index (χ1) is 9.71. The highest BCUT2D eigenvalue weighted by atomic mass is 15.1. The second-order valence-electron chi connectivity index (χ2n) is 6.94. The van der Waals surface area contributed by atoms with E-state index in [-0.39, 0.29) is 0 Å². The minimum atomic E-state index is 0.600. The van der Waals surface area contributed by atoms with Crippen LogP contribution in [0.5, 0.6) is 0 Å². The van der Waals surface area contributed by atoms with Gasteiger partial charge in [0.2, 0.25) is 0 Å². The Morgan fingerprint density at radius 3 is 2.50 bits per heavy atom. The van der Waals surface area contributed by atoms with Crippen molar-refractivity contribution in [2.45, 2.75) is 46.1 Å². The average molecular weight is 272 g/mol. The number of hydrogen-bond acceptors (Lipinski definition) is 2. The van der Waals surface area contributed by atoms with E-state index in [1.807, 2.05) is 0 Å². The molecule has 0 aromatic heterocycles. The quantitative estimate of drug-likeness (QED) is 0.847. The van der Waals surface area contributed by atoms with Gasteiger partial charge in [-0.25, -0.2) is 0 Å². The van der Waals surface area contributed by atoms with Crippen LogP contribution >= 0.6 is 0 Å². The Morgan fingerprint density at radius 1 is 1.15 bits per heavy atom. The maximum Gasteiger partial charge on any atom is 0.0411 e. The molecule has 1 aliphatic heterocycles. The van der Waals surface area contributed by atoms with Gasteiger partial charge in [0.15, 0.2) is 0 Å². The lowest BCUT2D eigenvalue weighted by Gasteiger charge is -2.23. The third-order valence-electron chi connectivity index (χ3n) is 5.35. The van der Waals surface area contributed by atoms with E-state index in [1.165, 1.54) is 56.6 Å². The highest BCUT2D eigenvalue weighted by Crippen LogP contribution is 2.51. The summed E-state index contributed by atoms with van der Waals surface area (Å²) in [4.78, 5) is 2.55. The Bertz CT molecular complexity index is 442. The van der Waals surface area contributed by atoms with Gasteiger partial charge in [-0.1, -0.05) is 32.0 Å². The molecule has 1 aliphatic carbocycles. The molecule has 110 valence electrons. The molecule has 1 aromatic rings. The molecule has 2 fully saturated rings. The second-order valence-corrected chi connectivity index (χ2v) is 6.94. The van der Waals surface area contributed by atoms with Gasteiger partial charge in [-0.2, -0.15) is 0 Å². The fourth-order valence-corrected chi connectivity index (χ4v) is 3.49. The van der Waals surface area contributed by atoms with Crippen molar-refractivity contribution >= 4 is 5.69 Å². The van der Waals surface area contributed by atoms with Crippen molar-refractivity contribution < 1.29 is 0 Å². The zero-order chi connectivity index (χ0) is 14.0. The molecule has 1 aromatic carbocycles. The van der Waals surface area contributed by atoms with Crippen molar-refractivity contribution in [3.63, 3.8) is 0 Å². The molecular formula is C18H28N2. The van der Waals surface area contributed by atoms with Crippen molar-refractivity contribution in [3.05, 3.63) is 29.8 Å². The minimum absolute atomic E-state index is 0.600. The number of anilines is 1. The van der Waals surface area contributed by atoms with Crippen LogP contribution in [0, 0.1) is 11.3 Å². The van der Waals surface area contributed by atoms with E-state index in [1.54, 1.807) is 0 Å². The topological polar surface area (TPSA) is 15.3 Å². The summed E-state index contributed by atoms with van der Waals surface area (Å²) < 4.78 is 0. The lowest BCUT2D eigenvalue weighted by atomic mass is 9.92. The zero-order valence-corrected chi connectivity index (χ0v) is 13.0. The van der Waals surface area contributed by atoms with Gasteiger partial charge in [0.25, 0.3) is 0 Å². The largest absolute Gasteiger partial charge is 0.371 e. The predicted molar refractivity (Wildman–Crippen MR) is 86.1 cm³/mol. The summed E-state index contributed by atoms with van der Waals surface area (Å²) in [5, 5.41) is 3.72. The van der Waals surface area contributed by atoms with E-state index >= 15 is 0 Å². The van der Waals surface area contributed by atoms with E-state index in [4.69, 9.17) is 0 Å². The maximum atomic E-state index is 3.72. The fraction of sp³-hybridized carbons (Fsp3) is 0.667. The van der Waals surface area contributed by atoms with Crippen LogP contribution in [0.4, 0.5) is 5.69 Å². The summed E-state index contributed by atoms with van der Waals surface area (Å²) in [6.07, 6.45) is 5.51. The van der Waals surface area contributed by atoms with E-state index in [0.29, 0.717) is 5.41 Å². The van der Waals surface area contributed by atoms with Crippen LogP contribution in [-0.2, 0) is 6.54 Å². The smallest absolute Gasteiger partial charge is 0.0411 e. The Hall–Kier alpha value is -1.02. The van der Waals surface area contributed by atoms with Gasteiger partial charge in [-0.3, -0.25) is 0 Å². The molecule has 0 spiro atoms. The molecule has 0 bridgehead atoms. The van der Waals surface area contributed by atoms with Crippen LogP contribution in [0.25, 0.3) is 0 Å². The van der Waals surface area contributed by atoms with Crippen molar-refractivity contribution in [3.8, 4) is 0 Å². The average Bonchev–Trinajstić information content (AvgIpc) is 3.05. The fourth-order valence-electron chi connectivity index (χ4n) is 3.49. The minimum Gasteiger partial charge on any atom is -0.371 e. The number of nitrogens with one attached hydrogen (secondary N) is 1. The first kappa shape index (κ1) is 13.9. The standard InChI is InChI=1S/C18H28N2/c1-15(2)18(9-10-18)14-19-13-16-7-3-4-8-17(16)20-11-5-6-12-20/h3-4,7-8,15,19H,5-6,9-14H2,1-2H3. The van der Waals surface area contributed by atoms with Crippen LogP contribution in [0.3, 0.4) is 0 Å². The highest BCUT2D eigenvalue weighted by molar-refractivity contribution is 5.54. The van der Waals surface area contributed by atoms with Gasteiger partial charge in [-0.15, -0.1) is 0 Å². The first-order valence-electron chi connectivity index (χ1n) is 8.25. The molecule has 2 heteroatoms. The van der Waals surface area contributed by atoms with Crippen molar-refractivity contribution in [2.75, 3.05) is 24.5 Å². The molecule has 0 unspecified atom stereocenters. The summed E-state index contributed by atoms with van der Waals surface area (Å²) in [6.45, 7) is 9.39. The van der Waals surface area contributed by atoms with Crippen LogP contribution < -0.4 is 10.2 Å². The van der Waals surface area contributed by atoms with Gasteiger partial charge in [0, 0.05) is 31.9 Å². The molecule has 1 heterocycles. The number of benzene rings is 1. The Morgan fingerprint density at radius 2 is 1.85 bits per heavy atom. The number of para-hydroxylation sites is 1. The van der Waals surface area contributed by atoms with Crippen molar-refractivity contribution in [1.82, 2.24) is 5.32 Å². The molecule has 0 radical (unpaired) electrons. The van der Waals surface area contributed by atoms with Crippen LogP contribution in [0.1, 0.15) is 45.1 Å². The number of nitrogens with zero attached hydrogens (tertiary/aromatic N) is 1. The van der Waals surface area contributed by atoms with Gasteiger partial charge in [-0.05, 0) is 48.6 Å². The number of rotatable bonds is 6. The number of hydrogen-bond donors (Lipinski definition) is 1. The Labute approximate surface area is 123 Å². The molecule has 1 saturated carbocycles. The van der Waals surface area contributed by atoms with E-state index in [2.05, 4.69) is 48.3 Å². The molecule has 1 saturated heterocycles. The molecule has 2 nitrogen and oxygen atoms in total. The third-order valence-corrected chi connectivity index (χ3v) is 5.35. The molecule has 20 heavy (non-hydrogen) atoms.